The van der Waals surface area contributed by atoms with E-state index < -0.39 is 41.5 Å². The summed E-state index contributed by atoms with van der Waals surface area (Å²) in [6.45, 7) is 3.19. The van der Waals surface area contributed by atoms with Crippen LogP contribution in [0.2, 0.25) is 0 Å². The summed E-state index contributed by atoms with van der Waals surface area (Å²) in [6, 6.07) is 4.66. The number of carbonyl (C=O) groups excluding carboxylic acids is 2. The quantitative estimate of drug-likeness (QED) is 0.364. The van der Waals surface area contributed by atoms with E-state index in [0.29, 0.717) is 24.9 Å². The fraction of sp³-hybridized carbons (Fsp3) is 0.538. The molecule has 5 rings (SSSR count). The summed E-state index contributed by atoms with van der Waals surface area (Å²) in [6.07, 6.45) is -3.37. The van der Waals surface area contributed by atoms with Crippen LogP contribution in [0.1, 0.15) is 18.1 Å². The van der Waals surface area contributed by atoms with E-state index in [4.69, 9.17) is 11.5 Å². The number of aliphatic hydroxyl groups is 1. The van der Waals surface area contributed by atoms with E-state index >= 15 is 0 Å². The molecule has 12 nitrogen and oxygen atoms in total. The average Bonchev–Trinajstić information content (AvgIpc) is 3.31. The zero-order valence-electron chi connectivity index (χ0n) is 22.9. The van der Waals surface area contributed by atoms with Gasteiger partial charge in [0, 0.05) is 58.1 Å². The van der Waals surface area contributed by atoms with Gasteiger partial charge in [-0.2, -0.15) is 18.2 Å². The van der Waals surface area contributed by atoms with Gasteiger partial charge in [0.25, 0.3) is 0 Å². The minimum absolute atomic E-state index is 0. The van der Waals surface area contributed by atoms with Gasteiger partial charge >= 0.3 is 17.9 Å². The molecule has 16 heteroatoms. The van der Waals surface area contributed by atoms with Crippen molar-refractivity contribution in [2.45, 2.75) is 31.2 Å². The molecule has 1 aromatic heterocycles. The van der Waals surface area contributed by atoms with Gasteiger partial charge in [0.15, 0.2) is 0 Å². The lowest BCUT2D eigenvalue weighted by Crippen LogP contribution is -2.60. The first-order valence-corrected chi connectivity index (χ1v) is 13.3. The zero-order chi connectivity index (χ0) is 29.7. The summed E-state index contributed by atoms with van der Waals surface area (Å²) in [4.78, 5) is 46.5. The third-order valence-electron chi connectivity index (χ3n) is 8.12. The predicted molar refractivity (Wildman–Crippen MR) is 149 cm³/mol. The number of nitrogens with two attached hydrogens (primary N) is 2. The molecule has 2 aromatic rings. The number of piperazine rings is 1. The number of amides is 3. The van der Waals surface area contributed by atoms with Crippen molar-refractivity contribution in [3.8, 4) is 5.69 Å². The fourth-order valence-corrected chi connectivity index (χ4v) is 5.55. The number of urea groups is 1. The van der Waals surface area contributed by atoms with Crippen LogP contribution in [0.3, 0.4) is 0 Å². The lowest BCUT2D eigenvalue weighted by Gasteiger charge is -2.37. The first kappa shape index (κ1) is 31.7. The number of likely N-dealkylation sites (tertiary alicyclic amines) is 1. The molecule has 3 atom stereocenters. The Kier molecular flexibility index (Phi) is 8.90. The highest BCUT2D eigenvalue weighted by atomic mass is 35.5. The number of nitrogens with zero attached hydrogens (tertiary/aromatic N) is 5. The van der Waals surface area contributed by atoms with Crippen LogP contribution in [0.4, 0.5) is 23.8 Å². The van der Waals surface area contributed by atoms with Gasteiger partial charge in [-0.1, -0.05) is 6.07 Å². The number of hydrogen-bond acceptors (Lipinski definition) is 8. The van der Waals surface area contributed by atoms with Crippen molar-refractivity contribution >= 4 is 30.2 Å². The molecule has 3 heterocycles. The maximum Gasteiger partial charge on any atom is 0.416 e. The summed E-state index contributed by atoms with van der Waals surface area (Å²) in [5.74, 6) is 0.202. The molecule has 0 radical (unpaired) electrons. The number of piperidine rings is 1. The fourth-order valence-electron chi connectivity index (χ4n) is 5.55. The standard InChI is InChI=1S/C26H33F3N8O4.ClH/c1-25(31,14-38)22(39)35-6-8-36(9-7-35)23(40)32-20-4-5-37(24(41)33-20)16-3-2-15(19(10-16)26(27,28)29)11-34-12-17-18(13-34)21(17)30;/h2-5,10,17-18,21,38H,6-9,11-14,30-31H2,1H3,(H,32,33,40,41);1H/t17?,18?,21?,25-;/m0./s1. The molecule has 0 spiro atoms. The number of nitrogens with one attached hydrogen (secondary N) is 1. The molecular weight excluding hydrogens is 581 g/mol. The largest absolute Gasteiger partial charge is 0.416 e. The van der Waals surface area contributed by atoms with E-state index in [2.05, 4.69) is 10.3 Å². The molecule has 2 saturated heterocycles. The summed E-state index contributed by atoms with van der Waals surface area (Å²) in [5, 5.41) is 11.8. The summed E-state index contributed by atoms with van der Waals surface area (Å²) in [5.41, 5.74) is 8.76. The Hall–Kier alpha value is -3.24. The van der Waals surface area contributed by atoms with Crippen molar-refractivity contribution in [3.63, 3.8) is 0 Å². The van der Waals surface area contributed by atoms with Gasteiger partial charge in [0.05, 0.1) is 17.9 Å². The minimum Gasteiger partial charge on any atom is -0.394 e. The van der Waals surface area contributed by atoms with Crippen molar-refractivity contribution in [3.05, 3.63) is 52.1 Å². The molecule has 1 saturated carbocycles. The molecule has 3 fully saturated rings. The van der Waals surface area contributed by atoms with Crippen molar-refractivity contribution < 1.29 is 27.9 Å². The highest BCUT2D eigenvalue weighted by Crippen LogP contribution is 2.44. The molecule has 1 aliphatic carbocycles. The Bertz CT molecular complexity index is 1380. The number of aliphatic hydroxyl groups excluding tert-OH is 1. The number of hydrogen-bond donors (Lipinski definition) is 4. The van der Waals surface area contributed by atoms with Crippen molar-refractivity contribution in [1.29, 1.82) is 0 Å². The van der Waals surface area contributed by atoms with Crippen LogP contribution in [-0.4, -0.2) is 98.8 Å². The van der Waals surface area contributed by atoms with Crippen LogP contribution < -0.4 is 22.5 Å². The smallest absolute Gasteiger partial charge is 0.394 e. The Morgan fingerprint density at radius 3 is 2.29 bits per heavy atom. The number of anilines is 1. The Labute approximate surface area is 245 Å². The summed E-state index contributed by atoms with van der Waals surface area (Å²) in [7, 11) is 0. The lowest BCUT2D eigenvalue weighted by atomic mass is 10.0. The first-order valence-electron chi connectivity index (χ1n) is 13.3. The van der Waals surface area contributed by atoms with Crippen LogP contribution in [0, 0.1) is 11.8 Å². The average molecular weight is 615 g/mol. The van der Waals surface area contributed by atoms with Crippen LogP contribution in [0.5, 0.6) is 0 Å². The van der Waals surface area contributed by atoms with Gasteiger partial charge in [0.1, 0.15) is 11.4 Å². The van der Waals surface area contributed by atoms with Gasteiger partial charge in [0.2, 0.25) is 5.91 Å². The maximum atomic E-state index is 14.0. The number of carbonyl (C=O) groups is 2. The molecule has 3 amide bonds. The monoisotopic (exact) mass is 614 g/mol. The number of rotatable bonds is 6. The molecule has 2 aliphatic heterocycles. The van der Waals surface area contributed by atoms with Gasteiger partial charge < -0.3 is 26.4 Å². The van der Waals surface area contributed by atoms with E-state index in [0.717, 1.165) is 10.6 Å². The second kappa shape index (κ2) is 11.8. The normalized spacial score (nSPS) is 23.5. The Morgan fingerprint density at radius 1 is 1.10 bits per heavy atom. The van der Waals surface area contributed by atoms with Gasteiger partial charge in [-0.25, -0.2) is 9.59 Å². The van der Waals surface area contributed by atoms with Crippen LogP contribution >= 0.6 is 12.4 Å². The van der Waals surface area contributed by atoms with Crippen LogP contribution in [0.15, 0.2) is 35.3 Å². The topological polar surface area (TPSA) is 163 Å². The first-order chi connectivity index (χ1) is 19.3. The number of alkyl halides is 3. The molecule has 3 aliphatic rings. The molecule has 2 unspecified atom stereocenters. The van der Waals surface area contributed by atoms with E-state index in [-0.39, 0.29) is 68.2 Å². The molecule has 6 N–H and O–H groups in total. The van der Waals surface area contributed by atoms with Crippen molar-refractivity contribution in [2.24, 2.45) is 23.3 Å². The maximum absolute atomic E-state index is 14.0. The number of benzene rings is 1. The molecule has 42 heavy (non-hydrogen) atoms. The minimum atomic E-state index is -4.62. The molecular formula is C26H34ClF3N8O4. The molecule has 0 bridgehead atoms. The predicted octanol–water partition coefficient (Wildman–Crippen LogP) is 0.448. The number of fused-ring (bicyclic) bond motifs is 1. The van der Waals surface area contributed by atoms with Gasteiger partial charge in [-0.15, -0.1) is 12.4 Å². The van der Waals surface area contributed by atoms with Crippen LogP contribution in [0.25, 0.3) is 5.69 Å². The summed E-state index contributed by atoms with van der Waals surface area (Å²) >= 11 is 0. The zero-order valence-corrected chi connectivity index (χ0v) is 23.7. The van der Waals surface area contributed by atoms with Crippen LogP contribution in [-0.2, 0) is 17.5 Å². The molecule has 1 aromatic carbocycles. The van der Waals surface area contributed by atoms with Gasteiger partial charge in [-0.3, -0.25) is 19.6 Å². The Morgan fingerprint density at radius 2 is 1.71 bits per heavy atom. The highest BCUT2D eigenvalue weighted by molar-refractivity contribution is 5.89. The second-order valence-corrected chi connectivity index (χ2v) is 11.2. The van der Waals surface area contributed by atoms with E-state index in [9.17, 15) is 32.7 Å². The highest BCUT2D eigenvalue weighted by Gasteiger charge is 2.53. The van der Waals surface area contributed by atoms with E-state index in [1.54, 1.807) is 0 Å². The third-order valence-corrected chi connectivity index (χ3v) is 8.12. The molecule has 230 valence electrons. The second-order valence-electron chi connectivity index (χ2n) is 11.2. The van der Waals surface area contributed by atoms with E-state index in [1.807, 2.05) is 4.90 Å². The third kappa shape index (κ3) is 6.39. The Balaban J connectivity index is 0.00000405. The summed E-state index contributed by atoms with van der Waals surface area (Å²) < 4.78 is 42.9. The lowest BCUT2D eigenvalue weighted by molar-refractivity contribution is -0.139. The van der Waals surface area contributed by atoms with Crippen molar-refractivity contribution in [1.82, 2.24) is 24.3 Å². The number of halogens is 4. The van der Waals surface area contributed by atoms with Gasteiger partial charge in [-0.05, 0) is 42.5 Å². The number of aromatic nitrogens is 2. The van der Waals surface area contributed by atoms with E-state index in [1.165, 1.54) is 41.1 Å². The SMILES string of the molecule is C[C@](N)(CO)C(=O)N1CCN(C(=O)Nc2ccn(-c3ccc(CN4CC5C(N)C5C4)c(C(F)(F)F)c3)c(=O)n2)CC1.Cl. The van der Waals surface area contributed by atoms with Crippen molar-refractivity contribution in [2.75, 3.05) is 51.2 Å².